The number of benzene rings is 2. The highest BCUT2D eigenvalue weighted by Crippen LogP contribution is 2.35. The van der Waals surface area contributed by atoms with Gasteiger partial charge in [0.25, 0.3) is 0 Å². The van der Waals surface area contributed by atoms with E-state index in [9.17, 15) is 0 Å². The lowest BCUT2D eigenvalue weighted by Gasteiger charge is -2.27. The van der Waals surface area contributed by atoms with Gasteiger partial charge in [-0.25, -0.2) is 0 Å². The summed E-state index contributed by atoms with van der Waals surface area (Å²) in [4.78, 5) is 0. The van der Waals surface area contributed by atoms with Crippen LogP contribution in [0.3, 0.4) is 0 Å². The second-order valence-corrected chi connectivity index (χ2v) is 8.56. The molecule has 0 unspecified atom stereocenters. The Labute approximate surface area is 145 Å². The number of ether oxygens (including phenoxy) is 1. The summed E-state index contributed by atoms with van der Waals surface area (Å²) in [6, 6.07) is 14.4. The van der Waals surface area contributed by atoms with E-state index in [4.69, 9.17) is 16.3 Å². The molecule has 0 amide bonds. The summed E-state index contributed by atoms with van der Waals surface area (Å²) in [7, 11) is 0. The van der Waals surface area contributed by atoms with E-state index in [-0.39, 0.29) is 10.8 Å². The molecule has 0 bridgehead atoms. The number of rotatable bonds is 3. The fourth-order valence-corrected chi connectivity index (χ4v) is 2.58. The molecule has 0 aliphatic rings. The van der Waals surface area contributed by atoms with Crippen molar-refractivity contribution in [3.8, 4) is 5.75 Å². The predicted molar refractivity (Wildman–Crippen MR) is 99.6 cm³/mol. The largest absolute Gasteiger partial charge is 0.489 e. The van der Waals surface area contributed by atoms with Crippen molar-refractivity contribution < 1.29 is 4.74 Å². The lowest BCUT2D eigenvalue weighted by molar-refractivity contribution is 0.297. The Balaban J connectivity index is 2.28. The van der Waals surface area contributed by atoms with Gasteiger partial charge in [0, 0.05) is 5.02 Å². The number of hydrogen-bond acceptors (Lipinski definition) is 1. The van der Waals surface area contributed by atoms with E-state index >= 15 is 0 Å². The van der Waals surface area contributed by atoms with Gasteiger partial charge in [0.2, 0.25) is 0 Å². The molecule has 0 aliphatic heterocycles. The molecule has 0 radical (unpaired) electrons. The molecule has 23 heavy (non-hydrogen) atoms. The molecule has 124 valence electrons. The van der Waals surface area contributed by atoms with Crippen molar-refractivity contribution in [3.63, 3.8) is 0 Å². The van der Waals surface area contributed by atoms with Crippen LogP contribution in [0, 0.1) is 0 Å². The summed E-state index contributed by atoms with van der Waals surface area (Å²) in [5.74, 6) is 0.959. The van der Waals surface area contributed by atoms with Crippen LogP contribution in [-0.2, 0) is 17.4 Å². The van der Waals surface area contributed by atoms with Crippen LogP contribution < -0.4 is 4.74 Å². The summed E-state index contributed by atoms with van der Waals surface area (Å²) >= 11 is 5.93. The molecule has 0 fully saturated rings. The molecule has 2 heteroatoms. The molecular weight excluding hydrogens is 304 g/mol. The van der Waals surface area contributed by atoms with Crippen molar-refractivity contribution in [2.24, 2.45) is 0 Å². The first-order valence-corrected chi connectivity index (χ1v) is 8.47. The smallest absolute Gasteiger partial charge is 0.123 e. The van der Waals surface area contributed by atoms with Crippen LogP contribution in [0.5, 0.6) is 5.75 Å². The quantitative estimate of drug-likeness (QED) is 0.623. The van der Waals surface area contributed by atoms with E-state index in [1.807, 2.05) is 24.3 Å². The van der Waals surface area contributed by atoms with Crippen molar-refractivity contribution in [3.05, 3.63) is 64.2 Å². The van der Waals surface area contributed by atoms with Gasteiger partial charge in [-0.2, -0.15) is 0 Å². The van der Waals surface area contributed by atoms with E-state index in [1.54, 1.807) is 0 Å². The molecule has 0 atom stereocenters. The first kappa shape index (κ1) is 17.9. The number of halogens is 1. The van der Waals surface area contributed by atoms with Crippen molar-refractivity contribution >= 4 is 11.6 Å². The Morgan fingerprint density at radius 3 is 1.96 bits per heavy atom. The van der Waals surface area contributed by atoms with Crippen LogP contribution in [0.25, 0.3) is 0 Å². The number of hydrogen-bond donors (Lipinski definition) is 0. The van der Waals surface area contributed by atoms with Gasteiger partial charge >= 0.3 is 0 Å². The molecule has 0 N–H and O–H groups in total. The van der Waals surface area contributed by atoms with Crippen molar-refractivity contribution in [2.75, 3.05) is 0 Å². The second-order valence-electron chi connectivity index (χ2n) is 8.13. The Morgan fingerprint density at radius 1 is 0.826 bits per heavy atom. The third-order valence-corrected chi connectivity index (χ3v) is 4.21. The minimum absolute atomic E-state index is 0.0383. The standard InChI is InChI=1S/C21H27ClO/c1-20(2,3)16-9-12-19(18(13-16)21(4,5)6)23-14-15-7-10-17(22)11-8-15/h7-13H,14H2,1-6H3. The lowest BCUT2D eigenvalue weighted by Crippen LogP contribution is -2.17. The molecule has 0 saturated carbocycles. The Hall–Kier alpha value is -1.47. The van der Waals surface area contributed by atoms with Gasteiger partial charge in [0.15, 0.2) is 0 Å². The summed E-state index contributed by atoms with van der Waals surface area (Å²) in [5, 5.41) is 0.749. The monoisotopic (exact) mass is 330 g/mol. The van der Waals surface area contributed by atoms with Gasteiger partial charge < -0.3 is 4.74 Å². The lowest BCUT2D eigenvalue weighted by atomic mass is 9.80. The molecule has 2 aromatic rings. The van der Waals surface area contributed by atoms with Gasteiger partial charge in [-0.15, -0.1) is 0 Å². The van der Waals surface area contributed by atoms with Crippen LogP contribution in [0.1, 0.15) is 58.2 Å². The third kappa shape index (κ3) is 4.75. The van der Waals surface area contributed by atoms with Gasteiger partial charge in [-0.1, -0.05) is 77.4 Å². The molecular formula is C21H27ClO. The SMILES string of the molecule is CC(C)(C)c1ccc(OCc2ccc(Cl)cc2)c(C(C)(C)C)c1. The predicted octanol–water partition coefficient (Wildman–Crippen LogP) is 6.51. The molecule has 1 nitrogen and oxygen atoms in total. The normalized spacial score (nSPS) is 12.3. The van der Waals surface area contributed by atoms with Gasteiger partial charge in [0.1, 0.15) is 12.4 Å². The zero-order valence-electron chi connectivity index (χ0n) is 15.0. The zero-order valence-corrected chi connectivity index (χ0v) is 15.8. The summed E-state index contributed by atoms with van der Waals surface area (Å²) in [6.07, 6.45) is 0. The van der Waals surface area contributed by atoms with Crippen LogP contribution in [0.2, 0.25) is 5.02 Å². The first-order valence-electron chi connectivity index (χ1n) is 8.09. The summed E-state index contributed by atoms with van der Waals surface area (Å²) in [5.41, 5.74) is 3.87. The Morgan fingerprint density at radius 2 is 1.43 bits per heavy atom. The molecule has 0 spiro atoms. The van der Waals surface area contributed by atoms with E-state index < -0.39 is 0 Å². The molecule has 0 aliphatic carbocycles. The molecule has 2 rings (SSSR count). The molecule has 0 aromatic heterocycles. The van der Waals surface area contributed by atoms with Crippen LogP contribution in [0.4, 0.5) is 0 Å². The van der Waals surface area contributed by atoms with Gasteiger partial charge in [0.05, 0.1) is 0 Å². The van der Waals surface area contributed by atoms with E-state index in [1.165, 1.54) is 11.1 Å². The zero-order chi connectivity index (χ0) is 17.3. The van der Waals surface area contributed by atoms with Gasteiger partial charge in [-0.3, -0.25) is 0 Å². The molecule has 0 heterocycles. The minimum Gasteiger partial charge on any atom is -0.489 e. The second kappa shape index (κ2) is 6.57. The third-order valence-electron chi connectivity index (χ3n) is 3.96. The van der Waals surface area contributed by atoms with E-state index in [0.29, 0.717) is 6.61 Å². The summed E-state index contributed by atoms with van der Waals surface area (Å²) in [6.45, 7) is 13.9. The molecule has 0 saturated heterocycles. The maximum absolute atomic E-state index is 6.11. The van der Waals surface area contributed by atoms with Crippen molar-refractivity contribution in [2.45, 2.75) is 59.0 Å². The highest BCUT2D eigenvalue weighted by Gasteiger charge is 2.23. The average Bonchev–Trinajstić information content (AvgIpc) is 2.44. The van der Waals surface area contributed by atoms with Crippen LogP contribution in [0.15, 0.2) is 42.5 Å². The van der Waals surface area contributed by atoms with E-state index in [2.05, 4.69) is 59.7 Å². The Bertz CT molecular complexity index is 658. The maximum atomic E-state index is 6.11. The topological polar surface area (TPSA) is 9.23 Å². The maximum Gasteiger partial charge on any atom is 0.123 e. The Kier molecular flexibility index (Phi) is 5.10. The average molecular weight is 331 g/mol. The van der Waals surface area contributed by atoms with Crippen molar-refractivity contribution in [1.29, 1.82) is 0 Å². The highest BCUT2D eigenvalue weighted by atomic mass is 35.5. The van der Waals surface area contributed by atoms with Crippen molar-refractivity contribution in [1.82, 2.24) is 0 Å². The first-order chi connectivity index (χ1) is 10.6. The summed E-state index contributed by atoms with van der Waals surface area (Å²) < 4.78 is 6.11. The van der Waals surface area contributed by atoms with E-state index in [0.717, 1.165) is 16.3 Å². The van der Waals surface area contributed by atoms with Crippen LogP contribution >= 0.6 is 11.6 Å². The highest BCUT2D eigenvalue weighted by molar-refractivity contribution is 6.30. The molecule has 2 aromatic carbocycles. The van der Waals surface area contributed by atoms with Crippen LogP contribution in [-0.4, -0.2) is 0 Å². The fourth-order valence-electron chi connectivity index (χ4n) is 2.45. The van der Waals surface area contributed by atoms with Gasteiger partial charge in [-0.05, 0) is 45.7 Å². The minimum atomic E-state index is 0.0383. The fraction of sp³-hybridized carbons (Fsp3) is 0.429.